The number of rotatable bonds is 5. The Hall–Kier alpha value is -0.0800. The van der Waals surface area contributed by atoms with Gasteiger partial charge in [0.1, 0.15) is 0 Å². The predicted molar refractivity (Wildman–Crippen MR) is 69.6 cm³/mol. The zero-order chi connectivity index (χ0) is 11.6. The van der Waals surface area contributed by atoms with E-state index in [0.717, 1.165) is 18.5 Å². The normalized spacial score (nSPS) is 27.9. The van der Waals surface area contributed by atoms with E-state index in [9.17, 15) is 0 Å². The highest BCUT2D eigenvalue weighted by atomic mass is 15.2. The molecule has 2 rings (SSSR count). The smallest absolute Gasteiger partial charge is 0.0223 e. The van der Waals surface area contributed by atoms with Crippen LogP contribution in [0.4, 0.5) is 0 Å². The summed E-state index contributed by atoms with van der Waals surface area (Å²) in [5.74, 6) is 0.981. The first-order chi connectivity index (χ1) is 7.61. The van der Waals surface area contributed by atoms with Crippen LogP contribution in [-0.2, 0) is 0 Å². The molecule has 0 spiro atoms. The van der Waals surface area contributed by atoms with Gasteiger partial charge in [0.15, 0.2) is 0 Å². The molecule has 0 amide bonds. The lowest BCUT2D eigenvalue weighted by Crippen LogP contribution is -2.46. The van der Waals surface area contributed by atoms with Crippen molar-refractivity contribution in [2.24, 2.45) is 11.3 Å². The molecule has 1 atom stereocenters. The van der Waals surface area contributed by atoms with Crippen LogP contribution in [0.2, 0.25) is 0 Å². The van der Waals surface area contributed by atoms with E-state index < -0.39 is 0 Å². The Morgan fingerprint density at radius 2 is 1.88 bits per heavy atom. The van der Waals surface area contributed by atoms with Gasteiger partial charge in [-0.05, 0) is 56.7 Å². The Morgan fingerprint density at radius 1 is 1.25 bits per heavy atom. The SMILES string of the molecule is CCNC(CN1CCC(C)(C)CC1)C1CC1. The molecule has 1 aliphatic carbocycles. The number of nitrogens with zero attached hydrogens (tertiary/aromatic N) is 1. The highest BCUT2D eigenvalue weighted by molar-refractivity contribution is 4.89. The summed E-state index contributed by atoms with van der Waals surface area (Å²) < 4.78 is 0. The van der Waals surface area contributed by atoms with Crippen molar-refractivity contribution in [3.05, 3.63) is 0 Å². The van der Waals surface area contributed by atoms with E-state index in [1.807, 2.05) is 0 Å². The van der Waals surface area contributed by atoms with Crippen molar-refractivity contribution in [2.45, 2.75) is 52.5 Å². The fourth-order valence-corrected chi connectivity index (χ4v) is 2.76. The summed E-state index contributed by atoms with van der Waals surface area (Å²) in [6.45, 7) is 12.1. The lowest BCUT2D eigenvalue weighted by Gasteiger charge is -2.38. The maximum Gasteiger partial charge on any atom is 0.0223 e. The molecular formula is C14H28N2. The fraction of sp³-hybridized carbons (Fsp3) is 1.00. The Labute approximate surface area is 101 Å². The Morgan fingerprint density at radius 3 is 2.38 bits per heavy atom. The summed E-state index contributed by atoms with van der Waals surface area (Å²) in [5.41, 5.74) is 0.587. The van der Waals surface area contributed by atoms with E-state index in [4.69, 9.17) is 0 Å². The van der Waals surface area contributed by atoms with E-state index in [-0.39, 0.29) is 0 Å². The largest absolute Gasteiger partial charge is 0.313 e. The topological polar surface area (TPSA) is 15.3 Å². The molecule has 2 nitrogen and oxygen atoms in total. The maximum absolute atomic E-state index is 3.67. The van der Waals surface area contributed by atoms with Crippen molar-refractivity contribution in [3.63, 3.8) is 0 Å². The fourth-order valence-electron chi connectivity index (χ4n) is 2.76. The van der Waals surface area contributed by atoms with Crippen LogP contribution in [0.25, 0.3) is 0 Å². The number of likely N-dealkylation sites (N-methyl/N-ethyl adjacent to an activating group) is 1. The molecule has 0 radical (unpaired) electrons. The lowest BCUT2D eigenvalue weighted by atomic mass is 9.82. The van der Waals surface area contributed by atoms with Crippen LogP contribution in [-0.4, -0.2) is 37.1 Å². The summed E-state index contributed by atoms with van der Waals surface area (Å²) in [7, 11) is 0. The first-order valence-corrected chi connectivity index (χ1v) is 7.06. The molecule has 1 N–H and O–H groups in total. The van der Waals surface area contributed by atoms with E-state index in [1.54, 1.807) is 0 Å². The van der Waals surface area contributed by atoms with Gasteiger partial charge in [0.05, 0.1) is 0 Å². The highest BCUT2D eigenvalue weighted by Crippen LogP contribution is 2.34. The van der Waals surface area contributed by atoms with Crippen LogP contribution in [0.3, 0.4) is 0 Å². The zero-order valence-corrected chi connectivity index (χ0v) is 11.3. The molecule has 0 aromatic carbocycles. The third kappa shape index (κ3) is 3.46. The molecule has 2 aliphatic rings. The second-order valence-corrected chi connectivity index (χ2v) is 6.47. The zero-order valence-electron chi connectivity index (χ0n) is 11.3. The number of hydrogen-bond acceptors (Lipinski definition) is 2. The Bertz CT molecular complexity index is 211. The number of piperidine rings is 1. The van der Waals surface area contributed by atoms with E-state index in [0.29, 0.717) is 5.41 Å². The minimum absolute atomic E-state index is 0.587. The van der Waals surface area contributed by atoms with Crippen LogP contribution >= 0.6 is 0 Å². The van der Waals surface area contributed by atoms with Crippen LogP contribution < -0.4 is 5.32 Å². The third-order valence-corrected chi connectivity index (χ3v) is 4.32. The van der Waals surface area contributed by atoms with Crippen molar-refractivity contribution in [2.75, 3.05) is 26.2 Å². The van der Waals surface area contributed by atoms with Crippen molar-refractivity contribution >= 4 is 0 Å². The second-order valence-electron chi connectivity index (χ2n) is 6.47. The second kappa shape index (κ2) is 5.05. The van der Waals surface area contributed by atoms with Crippen LogP contribution in [0.1, 0.15) is 46.5 Å². The number of nitrogens with one attached hydrogen (secondary N) is 1. The highest BCUT2D eigenvalue weighted by Gasteiger charge is 2.33. The average Bonchev–Trinajstić information content (AvgIpc) is 3.04. The van der Waals surface area contributed by atoms with E-state index in [1.165, 1.54) is 45.3 Å². The minimum Gasteiger partial charge on any atom is -0.313 e. The van der Waals surface area contributed by atoms with Gasteiger partial charge >= 0.3 is 0 Å². The number of hydrogen-bond donors (Lipinski definition) is 1. The maximum atomic E-state index is 3.67. The van der Waals surface area contributed by atoms with Crippen LogP contribution in [0.5, 0.6) is 0 Å². The van der Waals surface area contributed by atoms with Crippen LogP contribution in [0, 0.1) is 11.3 Å². The summed E-state index contributed by atoms with van der Waals surface area (Å²) in [6, 6.07) is 0.770. The first kappa shape index (κ1) is 12.4. The van der Waals surface area contributed by atoms with Gasteiger partial charge in [0.25, 0.3) is 0 Å². The summed E-state index contributed by atoms with van der Waals surface area (Å²) >= 11 is 0. The molecule has 94 valence electrons. The van der Waals surface area contributed by atoms with Crippen molar-refractivity contribution in [1.29, 1.82) is 0 Å². The standard InChI is InChI=1S/C14H28N2/c1-4-15-13(12-5-6-12)11-16-9-7-14(2,3)8-10-16/h12-13,15H,4-11H2,1-3H3. The average molecular weight is 224 g/mol. The van der Waals surface area contributed by atoms with Crippen molar-refractivity contribution < 1.29 is 0 Å². The molecule has 1 saturated heterocycles. The quantitative estimate of drug-likeness (QED) is 0.772. The van der Waals surface area contributed by atoms with Crippen LogP contribution in [0.15, 0.2) is 0 Å². The number of likely N-dealkylation sites (tertiary alicyclic amines) is 1. The van der Waals surface area contributed by atoms with Crippen molar-refractivity contribution in [3.8, 4) is 0 Å². The monoisotopic (exact) mass is 224 g/mol. The third-order valence-electron chi connectivity index (χ3n) is 4.32. The molecule has 16 heavy (non-hydrogen) atoms. The molecular weight excluding hydrogens is 196 g/mol. The molecule has 2 fully saturated rings. The lowest BCUT2D eigenvalue weighted by molar-refractivity contribution is 0.119. The Kier molecular flexibility index (Phi) is 3.91. The van der Waals surface area contributed by atoms with E-state index >= 15 is 0 Å². The summed E-state index contributed by atoms with van der Waals surface area (Å²) in [6.07, 6.45) is 5.65. The molecule has 0 aromatic heterocycles. The molecule has 0 bridgehead atoms. The van der Waals surface area contributed by atoms with Gasteiger partial charge in [-0.1, -0.05) is 20.8 Å². The van der Waals surface area contributed by atoms with E-state index in [2.05, 4.69) is 31.0 Å². The summed E-state index contributed by atoms with van der Waals surface area (Å²) in [5, 5.41) is 3.67. The van der Waals surface area contributed by atoms with Gasteiger partial charge in [0.2, 0.25) is 0 Å². The van der Waals surface area contributed by atoms with Gasteiger partial charge in [-0.3, -0.25) is 0 Å². The molecule has 1 unspecified atom stereocenters. The van der Waals surface area contributed by atoms with Gasteiger partial charge in [0, 0.05) is 12.6 Å². The molecule has 0 aromatic rings. The van der Waals surface area contributed by atoms with Gasteiger partial charge < -0.3 is 10.2 Å². The predicted octanol–water partition coefficient (Wildman–Crippen LogP) is 2.50. The molecule has 1 aliphatic heterocycles. The first-order valence-electron chi connectivity index (χ1n) is 7.06. The van der Waals surface area contributed by atoms with Gasteiger partial charge in [-0.25, -0.2) is 0 Å². The minimum atomic E-state index is 0.587. The van der Waals surface area contributed by atoms with Crippen molar-refractivity contribution in [1.82, 2.24) is 10.2 Å². The molecule has 2 heteroatoms. The summed E-state index contributed by atoms with van der Waals surface area (Å²) in [4.78, 5) is 2.68. The van der Waals surface area contributed by atoms with Gasteiger partial charge in [-0.2, -0.15) is 0 Å². The Balaban J connectivity index is 1.76. The molecule has 1 heterocycles. The van der Waals surface area contributed by atoms with Gasteiger partial charge in [-0.15, -0.1) is 0 Å². The molecule has 1 saturated carbocycles.